The molecule has 2 rings (SSSR count). The fourth-order valence-corrected chi connectivity index (χ4v) is 2.40. The van der Waals surface area contributed by atoms with Crippen molar-refractivity contribution in [2.24, 2.45) is 7.05 Å². The van der Waals surface area contributed by atoms with Crippen molar-refractivity contribution in [2.75, 3.05) is 20.3 Å². The molecule has 1 aromatic carbocycles. The summed E-state index contributed by atoms with van der Waals surface area (Å²) >= 11 is 0. The van der Waals surface area contributed by atoms with E-state index < -0.39 is 0 Å². The summed E-state index contributed by atoms with van der Waals surface area (Å²) in [5, 5.41) is 4.12. The Balaban J connectivity index is 2.05. The Labute approximate surface area is 143 Å². The van der Waals surface area contributed by atoms with Gasteiger partial charge in [-0.05, 0) is 37.6 Å². The molecule has 6 nitrogen and oxygen atoms in total. The minimum Gasteiger partial charge on any atom is -0.490 e. The maximum Gasteiger partial charge on any atom is 0.227 e. The van der Waals surface area contributed by atoms with E-state index in [1.807, 2.05) is 45.2 Å². The van der Waals surface area contributed by atoms with E-state index in [0.717, 1.165) is 11.3 Å². The SMILES string of the molecule is CCOc1ccc(CC(=O)N(C)Cc2ccnn2C)cc1OCC. The van der Waals surface area contributed by atoms with Crippen molar-refractivity contribution in [3.8, 4) is 11.5 Å². The van der Waals surface area contributed by atoms with E-state index in [0.29, 0.717) is 37.7 Å². The lowest BCUT2D eigenvalue weighted by Crippen LogP contribution is -2.28. The van der Waals surface area contributed by atoms with Crippen molar-refractivity contribution >= 4 is 5.91 Å². The normalized spacial score (nSPS) is 10.5. The maximum atomic E-state index is 12.5. The van der Waals surface area contributed by atoms with E-state index in [1.165, 1.54) is 0 Å². The summed E-state index contributed by atoms with van der Waals surface area (Å²) in [6.45, 7) is 5.52. The van der Waals surface area contributed by atoms with Crippen LogP contribution in [0, 0.1) is 0 Å². The molecule has 1 heterocycles. The number of benzene rings is 1. The van der Waals surface area contributed by atoms with Crippen LogP contribution >= 0.6 is 0 Å². The molecule has 0 saturated heterocycles. The Morgan fingerprint density at radius 1 is 1.17 bits per heavy atom. The van der Waals surface area contributed by atoms with Gasteiger partial charge in [-0.3, -0.25) is 9.48 Å². The molecule has 0 atom stereocenters. The molecular formula is C18H25N3O3. The van der Waals surface area contributed by atoms with E-state index in [4.69, 9.17) is 9.47 Å². The lowest BCUT2D eigenvalue weighted by atomic mass is 10.1. The second-order valence-corrected chi connectivity index (χ2v) is 5.52. The van der Waals surface area contributed by atoms with E-state index in [2.05, 4.69) is 5.10 Å². The summed E-state index contributed by atoms with van der Waals surface area (Å²) in [4.78, 5) is 14.2. The molecule has 0 aliphatic heterocycles. The highest BCUT2D eigenvalue weighted by Crippen LogP contribution is 2.28. The van der Waals surface area contributed by atoms with Crippen molar-refractivity contribution in [2.45, 2.75) is 26.8 Å². The molecular weight excluding hydrogens is 306 g/mol. The zero-order chi connectivity index (χ0) is 17.5. The van der Waals surface area contributed by atoms with E-state index in [9.17, 15) is 4.79 Å². The van der Waals surface area contributed by atoms with Gasteiger partial charge >= 0.3 is 0 Å². The molecule has 0 aliphatic rings. The fourth-order valence-electron chi connectivity index (χ4n) is 2.40. The molecule has 0 radical (unpaired) electrons. The number of aromatic nitrogens is 2. The van der Waals surface area contributed by atoms with Crippen molar-refractivity contribution in [1.82, 2.24) is 14.7 Å². The van der Waals surface area contributed by atoms with Gasteiger partial charge in [-0.15, -0.1) is 0 Å². The van der Waals surface area contributed by atoms with E-state index in [1.54, 1.807) is 22.8 Å². The molecule has 130 valence electrons. The van der Waals surface area contributed by atoms with Crippen LogP contribution in [0.2, 0.25) is 0 Å². The predicted octanol–water partition coefficient (Wildman–Crippen LogP) is 2.42. The third-order valence-electron chi connectivity index (χ3n) is 3.71. The van der Waals surface area contributed by atoms with Gasteiger partial charge in [0.2, 0.25) is 5.91 Å². The van der Waals surface area contributed by atoms with Crippen molar-refractivity contribution < 1.29 is 14.3 Å². The van der Waals surface area contributed by atoms with Gasteiger partial charge in [-0.2, -0.15) is 5.10 Å². The zero-order valence-corrected chi connectivity index (χ0v) is 14.8. The van der Waals surface area contributed by atoms with E-state index in [-0.39, 0.29) is 5.91 Å². The third-order valence-corrected chi connectivity index (χ3v) is 3.71. The van der Waals surface area contributed by atoms with Crippen LogP contribution in [-0.4, -0.2) is 40.8 Å². The van der Waals surface area contributed by atoms with Crippen LogP contribution in [0.25, 0.3) is 0 Å². The molecule has 24 heavy (non-hydrogen) atoms. The molecule has 0 spiro atoms. The molecule has 6 heteroatoms. The highest BCUT2D eigenvalue weighted by atomic mass is 16.5. The summed E-state index contributed by atoms with van der Waals surface area (Å²) in [6.07, 6.45) is 2.05. The number of ether oxygens (including phenoxy) is 2. The molecule has 0 aliphatic carbocycles. The number of carbonyl (C=O) groups excluding carboxylic acids is 1. The minimum atomic E-state index is 0.0443. The number of carbonyl (C=O) groups is 1. The number of hydrogen-bond donors (Lipinski definition) is 0. The van der Waals surface area contributed by atoms with Gasteiger partial charge in [0.05, 0.1) is 31.9 Å². The monoisotopic (exact) mass is 331 g/mol. The smallest absolute Gasteiger partial charge is 0.227 e. The molecule has 0 unspecified atom stereocenters. The average Bonchev–Trinajstić information content (AvgIpc) is 2.95. The lowest BCUT2D eigenvalue weighted by molar-refractivity contribution is -0.129. The van der Waals surface area contributed by atoms with Crippen LogP contribution in [0.15, 0.2) is 30.5 Å². The standard InChI is InChI=1S/C18H25N3O3/c1-5-23-16-8-7-14(11-17(16)24-6-2)12-18(22)20(3)13-15-9-10-19-21(15)4/h7-11H,5-6,12-13H2,1-4H3. The zero-order valence-electron chi connectivity index (χ0n) is 14.8. The third kappa shape index (κ3) is 4.50. The molecule has 1 aromatic heterocycles. The van der Waals surface area contributed by atoms with Crippen molar-refractivity contribution in [3.63, 3.8) is 0 Å². The lowest BCUT2D eigenvalue weighted by Gasteiger charge is -2.18. The molecule has 0 fully saturated rings. The molecule has 1 amide bonds. The van der Waals surface area contributed by atoms with Gasteiger partial charge in [-0.1, -0.05) is 6.07 Å². The highest BCUT2D eigenvalue weighted by Gasteiger charge is 2.14. The van der Waals surface area contributed by atoms with Gasteiger partial charge in [0.25, 0.3) is 0 Å². The summed E-state index contributed by atoms with van der Waals surface area (Å²) in [6, 6.07) is 7.56. The van der Waals surface area contributed by atoms with Crippen LogP contribution in [0.5, 0.6) is 11.5 Å². The number of likely N-dealkylation sites (N-methyl/N-ethyl adjacent to an activating group) is 1. The fraction of sp³-hybridized carbons (Fsp3) is 0.444. The Hall–Kier alpha value is -2.50. The maximum absolute atomic E-state index is 12.5. The quantitative estimate of drug-likeness (QED) is 0.745. The van der Waals surface area contributed by atoms with Crippen LogP contribution in [-0.2, 0) is 24.8 Å². The molecule has 0 saturated carbocycles. The molecule has 2 aromatic rings. The number of hydrogen-bond acceptors (Lipinski definition) is 4. The summed E-state index contributed by atoms with van der Waals surface area (Å²) in [5.41, 5.74) is 1.90. The van der Waals surface area contributed by atoms with Crippen LogP contribution in [0.3, 0.4) is 0 Å². The second kappa shape index (κ2) is 8.38. The Morgan fingerprint density at radius 3 is 2.50 bits per heavy atom. The Bertz CT molecular complexity index is 682. The number of aryl methyl sites for hydroxylation is 1. The number of rotatable bonds is 8. The Kier molecular flexibility index (Phi) is 6.23. The second-order valence-electron chi connectivity index (χ2n) is 5.52. The molecule has 0 N–H and O–H groups in total. The van der Waals surface area contributed by atoms with Gasteiger partial charge in [-0.25, -0.2) is 0 Å². The Morgan fingerprint density at radius 2 is 1.88 bits per heavy atom. The van der Waals surface area contributed by atoms with Gasteiger partial charge in [0, 0.05) is 20.3 Å². The van der Waals surface area contributed by atoms with Gasteiger partial charge < -0.3 is 14.4 Å². The number of nitrogens with zero attached hydrogens (tertiary/aromatic N) is 3. The predicted molar refractivity (Wildman–Crippen MR) is 92.2 cm³/mol. The van der Waals surface area contributed by atoms with Crippen LogP contribution in [0.4, 0.5) is 0 Å². The average molecular weight is 331 g/mol. The van der Waals surface area contributed by atoms with E-state index >= 15 is 0 Å². The van der Waals surface area contributed by atoms with Gasteiger partial charge in [0.15, 0.2) is 11.5 Å². The summed E-state index contributed by atoms with van der Waals surface area (Å²) in [5.74, 6) is 1.43. The topological polar surface area (TPSA) is 56.6 Å². The summed E-state index contributed by atoms with van der Waals surface area (Å²) < 4.78 is 12.9. The van der Waals surface area contributed by atoms with Crippen molar-refractivity contribution in [1.29, 1.82) is 0 Å². The largest absolute Gasteiger partial charge is 0.490 e. The van der Waals surface area contributed by atoms with Crippen LogP contribution in [0.1, 0.15) is 25.1 Å². The summed E-state index contributed by atoms with van der Waals surface area (Å²) in [7, 11) is 3.67. The first-order valence-electron chi connectivity index (χ1n) is 8.14. The first-order valence-corrected chi connectivity index (χ1v) is 8.14. The van der Waals surface area contributed by atoms with Crippen LogP contribution < -0.4 is 9.47 Å². The first kappa shape index (κ1) is 17.8. The first-order chi connectivity index (χ1) is 11.5. The number of amides is 1. The minimum absolute atomic E-state index is 0.0443. The highest BCUT2D eigenvalue weighted by molar-refractivity contribution is 5.78. The van der Waals surface area contributed by atoms with Gasteiger partial charge in [0.1, 0.15) is 0 Å². The van der Waals surface area contributed by atoms with Crippen molar-refractivity contribution in [3.05, 3.63) is 41.7 Å². The molecule has 0 bridgehead atoms.